The molecule has 0 aromatic rings. The van der Waals surface area contributed by atoms with Gasteiger partial charge in [-0.2, -0.15) is 0 Å². The van der Waals surface area contributed by atoms with E-state index in [1.54, 1.807) is 0 Å². The highest BCUT2D eigenvalue weighted by molar-refractivity contribution is 4.99. The SMILES string of the molecule is C=C(CN)N1CCCC1C. The maximum atomic E-state index is 5.47. The number of hydrogen-bond acceptors (Lipinski definition) is 2. The van der Waals surface area contributed by atoms with Crippen LogP contribution >= 0.6 is 0 Å². The van der Waals surface area contributed by atoms with E-state index in [0.717, 1.165) is 12.2 Å². The van der Waals surface area contributed by atoms with E-state index in [1.807, 2.05) is 0 Å². The third-order valence-corrected chi connectivity index (χ3v) is 2.19. The fourth-order valence-electron chi connectivity index (χ4n) is 1.52. The first kappa shape index (κ1) is 7.61. The Morgan fingerprint density at radius 1 is 1.80 bits per heavy atom. The minimum atomic E-state index is 0.602. The number of nitrogens with zero attached hydrogens (tertiary/aromatic N) is 1. The van der Waals surface area contributed by atoms with E-state index < -0.39 is 0 Å². The number of rotatable bonds is 2. The molecule has 1 heterocycles. The van der Waals surface area contributed by atoms with Crippen LogP contribution < -0.4 is 5.73 Å². The van der Waals surface area contributed by atoms with Crippen LogP contribution in [0, 0.1) is 0 Å². The largest absolute Gasteiger partial charge is 0.372 e. The van der Waals surface area contributed by atoms with Gasteiger partial charge in [0.05, 0.1) is 0 Å². The van der Waals surface area contributed by atoms with Gasteiger partial charge in [0.25, 0.3) is 0 Å². The van der Waals surface area contributed by atoms with Gasteiger partial charge in [0.1, 0.15) is 0 Å². The number of hydrogen-bond donors (Lipinski definition) is 1. The molecule has 2 heteroatoms. The van der Waals surface area contributed by atoms with Crippen LogP contribution in [0.5, 0.6) is 0 Å². The van der Waals surface area contributed by atoms with E-state index in [0.29, 0.717) is 12.6 Å². The van der Waals surface area contributed by atoms with E-state index in [1.165, 1.54) is 12.8 Å². The molecule has 58 valence electrons. The van der Waals surface area contributed by atoms with Crippen LogP contribution in [0.2, 0.25) is 0 Å². The molecule has 0 radical (unpaired) electrons. The molecule has 0 saturated carbocycles. The molecular formula is C8H16N2. The first-order chi connectivity index (χ1) is 4.75. The van der Waals surface area contributed by atoms with Crippen LogP contribution in [-0.4, -0.2) is 24.0 Å². The van der Waals surface area contributed by atoms with Gasteiger partial charge in [-0.15, -0.1) is 0 Å². The lowest BCUT2D eigenvalue weighted by molar-refractivity contribution is 0.337. The molecule has 1 aliphatic heterocycles. The summed E-state index contributed by atoms with van der Waals surface area (Å²) in [5.41, 5.74) is 6.56. The Kier molecular flexibility index (Phi) is 2.33. The van der Waals surface area contributed by atoms with Gasteiger partial charge >= 0.3 is 0 Å². The van der Waals surface area contributed by atoms with E-state index in [9.17, 15) is 0 Å². The maximum absolute atomic E-state index is 5.47. The third kappa shape index (κ3) is 1.32. The molecule has 2 N–H and O–H groups in total. The lowest BCUT2D eigenvalue weighted by atomic mass is 10.2. The summed E-state index contributed by atoms with van der Waals surface area (Å²) in [6, 6.07) is 0.663. The summed E-state index contributed by atoms with van der Waals surface area (Å²) in [6.45, 7) is 7.89. The summed E-state index contributed by atoms with van der Waals surface area (Å²) in [5.74, 6) is 0. The molecule has 10 heavy (non-hydrogen) atoms. The summed E-state index contributed by atoms with van der Waals surface area (Å²) in [4.78, 5) is 2.31. The summed E-state index contributed by atoms with van der Waals surface area (Å²) in [5, 5.41) is 0. The zero-order valence-electron chi connectivity index (χ0n) is 6.64. The Hall–Kier alpha value is -0.500. The molecule has 0 aliphatic carbocycles. The van der Waals surface area contributed by atoms with Crippen molar-refractivity contribution in [3.8, 4) is 0 Å². The van der Waals surface area contributed by atoms with Crippen molar-refractivity contribution in [2.24, 2.45) is 5.73 Å². The molecule has 0 bridgehead atoms. The highest BCUT2D eigenvalue weighted by Gasteiger charge is 2.19. The Labute approximate surface area is 62.7 Å². The van der Waals surface area contributed by atoms with E-state index >= 15 is 0 Å². The topological polar surface area (TPSA) is 29.3 Å². The molecular weight excluding hydrogens is 124 g/mol. The van der Waals surface area contributed by atoms with Gasteiger partial charge in [-0.05, 0) is 19.8 Å². The van der Waals surface area contributed by atoms with Gasteiger partial charge in [0.15, 0.2) is 0 Å². The fourth-order valence-corrected chi connectivity index (χ4v) is 1.52. The van der Waals surface area contributed by atoms with Crippen molar-refractivity contribution in [2.75, 3.05) is 13.1 Å². The first-order valence-electron chi connectivity index (χ1n) is 3.90. The predicted molar refractivity (Wildman–Crippen MR) is 43.6 cm³/mol. The third-order valence-electron chi connectivity index (χ3n) is 2.19. The molecule has 1 rings (SSSR count). The van der Waals surface area contributed by atoms with Crippen LogP contribution in [0.15, 0.2) is 12.3 Å². The standard InChI is InChI=1S/C8H16N2/c1-7-4-3-5-10(7)8(2)6-9/h7H,2-6,9H2,1H3. The van der Waals surface area contributed by atoms with Gasteiger partial charge in [0, 0.05) is 24.8 Å². The van der Waals surface area contributed by atoms with Crippen LogP contribution in [0.25, 0.3) is 0 Å². The van der Waals surface area contributed by atoms with Gasteiger partial charge in [-0.25, -0.2) is 0 Å². The van der Waals surface area contributed by atoms with Crippen LogP contribution in [-0.2, 0) is 0 Å². The zero-order valence-corrected chi connectivity index (χ0v) is 6.64. The molecule has 0 aromatic carbocycles. The second-order valence-electron chi connectivity index (χ2n) is 2.95. The quantitative estimate of drug-likeness (QED) is 0.618. The minimum absolute atomic E-state index is 0.602. The molecule has 1 unspecified atom stereocenters. The van der Waals surface area contributed by atoms with E-state index in [-0.39, 0.29) is 0 Å². The molecule has 0 aromatic heterocycles. The smallest absolute Gasteiger partial charge is 0.0324 e. The first-order valence-corrected chi connectivity index (χ1v) is 3.90. The number of likely N-dealkylation sites (tertiary alicyclic amines) is 1. The van der Waals surface area contributed by atoms with Crippen molar-refractivity contribution in [3.63, 3.8) is 0 Å². The molecule has 1 aliphatic rings. The predicted octanol–water partition coefficient (Wildman–Crippen LogP) is 0.943. The van der Waals surface area contributed by atoms with E-state index in [4.69, 9.17) is 5.73 Å². The second kappa shape index (κ2) is 3.06. The van der Waals surface area contributed by atoms with Gasteiger partial charge in [0.2, 0.25) is 0 Å². The Morgan fingerprint density at radius 2 is 2.50 bits per heavy atom. The van der Waals surface area contributed by atoms with Crippen molar-refractivity contribution in [1.82, 2.24) is 4.90 Å². The second-order valence-corrected chi connectivity index (χ2v) is 2.95. The molecule has 0 spiro atoms. The average Bonchev–Trinajstić information content (AvgIpc) is 2.34. The van der Waals surface area contributed by atoms with Crippen molar-refractivity contribution >= 4 is 0 Å². The number of nitrogens with two attached hydrogens (primary N) is 1. The molecule has 0 amide bonds. The molecule has 2 nitrogen and oxygen atoms in total. The summed E-state index contributed by atoms with van der Waals surface area (Å²) in [7, 11) is 0. The zero-order chi connectivity index (χ0) is 7.56. The van der Waals surface area contributed by atoms with E-state index in [2.05, 4.69) is 18.4 Å². The average molecular weight is 140 g/mol. The Bertz CT molecular complexity index is 131. The molecule has 1 fully saturated rings. The van der Waals surface area contributed by atoms with Gasteiger partial charge < -0.3 is 10.6 Å². The van der Waals surface area contributed by atoms with Crippen molar-refractivity contribution in [3.05, 3.63) is 12.3 Å². The summed E-state index contributed by atoms with van der Waals surface area (Å²) < 4.78 is 0. The van der Waals surface area contributed by atoms with Crippen molar-refractivity contribution in [2.45, 2.75) is 25.8 Å². The Balaban J connectivity index is 2.46. The lowest BCUT2D eigenvalue weighted by Crippen LogP contribution is -2.29. The monoisotopic (exact) mass is 140 g/mol. The van der Waals surface area contributed by atoms with Crippen molar-refractivity contribution in [1.29, 1.82) is 0 Å². The molecule has 1 saturated heterocycles. The van der Waals surface area contributed by atoms with Crippen LogP contribution in [0.4, 0.5) is 0 Å². The van der Waals surface area contributed by atoms with Gasteiger partial charge in [-0.1, -0.05) is 6.58 Å². The minimum Gasteiger partial charge on any atom is -0.372 e. The fraction of sp³-hybridized carbons (Fsp3) is 0.750. The normalized spacial score (nSPS) is 25.4. The van der Waals surface area contributed by atoms with Crippen LogP contribution in [0.3, 0.4) is 0 Å². The highest BCUT2D eigenvalue weighted by atomic mass is 15.2. The molecule has 1 atom stereocenters. The van der Waals surface area contributed by atoms with Crippen molar-refractivity contribution < 1.29 is 0 Å². The van der Waals surface area contributed by atoms with Crippen LogP contribution in [0.1, 0.15) is 19.8 Å². The lowest BCUT2D eigenvalue weighted by Gasteiger charge is -2.24. The Morgan fingerprint density at radius 3 is 2.90 bits per heavy atom. The highest BCUT2D eigenvalue weighted by Crippen LogP contribution is 2.19. The summed E-state index contributed by atoms with van der Waals surface area (Å²) >= 11 is 0. The van der Waals surface area contributed by atoms with Gasteiger partial charge in [-0.3, -0.25) is 0 Å². The maximum Gasteiger partial charge on any atom is 0.0324 e. The summed E-state index contributed by atoms with van der Waals surface area (Å²) in [6.07, 6.45) is 2.58.